The lowest BCUT2D eigenvalue weighted by molar-refractivity contribution is 1.23. The minimum Gasteiger partial charge on any atom is -0.305 e. The average molecular weight is 682 g/mol. The Hall–Kier alpha value is -6.00. The van der Waals surface area contributed by atoms with Crippen LogP contribution < -0.4 is 0 Å². The highest BCUT2D eigenvalue weighted by atomic mass is 32.1. The van der Waals surface area contributed by atoms with Gasteiger partial charge in [-0.3, -0.25) is 0 Å². The smallest absolute Gasteiger partial charge is 0.0829 e. The molecule has 0 aliphatic heterocycles. The van der Waals surface area contributed by atoms with Gasteiger partial charge in [0.25, 0.3) is 0 Å². The predicted octanol–water partition coefficient (Wildman–Crippen LogP) is 14.6. The molecule has 0 bridgehead atoms. The third-order valence-corrected chi connectivity index (χ3v) is 13.4. The zero-order valence-electron chi connectivity index (χ0n) is 27.4. The minimum atomic E-state index is 1.25. The molecule has 12 aromatic rings. The molecule has 0 aliphatic rings. The summed E-state index contributed by atoms with van der Waals surface area (Å²) in [5, 5.41) is 15.5. The van der Waals surface area contributed by atoms with Crippen LogP contribution in [0.15, 0.2) is 164 Å². The van der Waals surface area contributed by atoms with Crippen molar-refractivity contribution in [2.45, 2.75) is 0 Å². The predicted molar refractivity (Wildman–Crippen MR) is 225 cm³/mol. The van der Waals surface area contributed by atoms with Gasteiger partial charge in [0.2, 0.25) is 0 Å². The van der Waals surface area contributed by atoms with E-state index in [4.69, 9.17) is 0 Å². The fourth-order valence-electron chi connectivity index (χ4n) is 8.75. The maximum Gasteiger partial charge on any atom is 0.0829 e. The summed E-state index contributed by atoms with van der Waals surface area (Å²) < 4.78 is 8.12. The molecule has 0 radical (unpaired) electrons. The Balaban J connectivity index is 1.31. The zero-order chi connectivity index (χ0) is 33.2. The molecule has 0 atom stereocenters. The molecule has 51 heavy (non-hydrogen) atoms. The lowest BCUT2D eigenvalue weighted by Crippen LogP contribution is -1.99. The Morgan fingerprint density at radius 2 is 0.922 bits per heavy atom. The Labute approximate surface area is 300 Å². The Kier molecular flexibility index (Phi) is 5.59. The van der Waals surface area contributed by atoms with Crippen LogP contribution in [0.25, 0.3) is 111 Å². The normalized spacial score (nSPS) is 12.3. The summed E-state index contributed by atoms with van der Waals surface area (Å²) in [7, 11) is 0. The number of nitrogens with zero attached hydrogens (tertiary/aromatic N) is 1. The Morgan fingerprint density at radius 1 is 0.353 bits per heavy atom. The van der Waals surface area contributed by atoms with Crippen molar-refractivity contribution >= 4 is 117 Å². The summed E-state index contributed by atoms with van der Waals surface area (Å²) in [6, 6.07) is 60.8. The van der Waals surface area contributed by atoms with E-state index in [-0.39, 0.29) is 0 Å². The summed E-state index contributed by atoms with van der Waals surface area (Å²) in [6.45, 7) is 0. The molecule has 0 saturated heterocycles. The van der Waals surface area contributed by atoms with E-state index in [1.807, 2.05) is 22.7 Å². The van der Waals surface area contributed by atoms with Crippen LogP contribution in [0.5, 0.6) is 0 Å². The molecule has 236 valence electrons. The Bertz CT molecular complexity index is 3370. The van der Waals surface area contributed by atoms with Gasteiger partial charge in [-0.25, -0.2) is 0 Å². The highest BCUT2D eigenvalue weighted by Crippen LogP contribution is 2.53. The molecule has 0 amide bonds. The van der Waals surface area contributed by atoms with E-state index in [0.717, 1.165) is 0 Å². The van der Waals surface area contributed by atoms with E-state index in [2.05, 4.69) is 168 Å². The van der Waals surface area contributed by atoms with Crippen molar-refractivity contribution in [3.63, 3.8) is 0 Å². The summed E-state index contributed by atoms with van der Waals surface area (Å²) >= 11 is 3.91. The van der Waals surface area contributed by atoms with Crippen molar-refractivity contribution < 1.29 is 0 Å². The highest BCUT2D eigenvalue weighted by molar-refractivity contribution is 7.37. The standard InChI is InChI=1S/C48H27NS2/c1-2-14-31-27-32(22-21-28(31)11-1)41-35-17-7-9-19-37(35)44(38-20-10-8-18-36(38)41)49-43-34-16-6-4-13-30(34)23-25-39(43)46-45(49)48-47(51-46)42-33-15-5-3-12-29(33)24-26-40(42)50-48/h1-27H. The summed E-state index contributed by atoms with van der Waals surface area (Å²) in [5.41, 5.74) is 6.39. The first-order valence-electron chi connectivity index (χ1n) is 17.4. The van der Waals surface area contributed by atoms with Crippen molar-refractivity contribution in [1.82, 2.24) is 4.57 Å². The van der Waals surface area contributed by atoms with Crippen molar-refractivity contribution in [3.8, 4) is 16.8 Å². The first-order chi connectivity index (χ1) is 25.3. The SMILES string of the molecule is c1ccc2cc(-c3c4ccccc4c(-n4c5c6ccccc6ccc5c5sc6c(sc7ccc8ccccc8c76)c54)c4ccccc34)ccc2c1. The average Bonchev–Trinajstić information content (AvgIpc) is 3.84. The van der Waals surface area contributed by atoms with Crippen LogP contribution in [0.3, 0.4) is 0 Å². The third-order valence-electron chi connectivity index (χ3n) is 10.9. The molecule has 9 aromatic carbocycles. The number of benzene rings is 9. The van der Waals surface area contributed by atoms with Crippen LogP contribution >= 0.6 is 22.7 Å². The summed E-state index contributed by atoms with van der Waals surface area (Å²) in [5.74, 6) is 0. The number of hydrogen-bond acceptors (Lipinski definition) is 2. The number of rotatable bonds is 2. The molecule has 3 aromatic heterocycles. The second kappa shape index (κ2) is 10.3. The quantitative estimate of drug-likeness (QED) is 0.160. The topological polar surface area (TPSA) is 4.93 Å². The lowest BCUT2D eigenvalue weighted by Gasteiger charge is -2.20. The molecule has 0 aliphatic carbocycles. The van der Waals surface area contributed by atoms with Gasteiger partial charge in [0, 0.05) is 31.6 Å². The maximum atomic E-state index is 2.65. The fourth-order valence-corrected chi connectivity index (χ4v) is 11.6. The number of hydrogen-bond donors (Lipinski definition) is 0. The van der Waals surface area contributed by atoms with E-state index in [1.54, 1.807) is 0 Å². The second-order valence-electron chi connectivity index (χ2n) is 13.6. The number of fused-ring (bicyclic) bond motifs is 14. The van der Waals surface area contributed by atoms with Crippen molar-refractivity contribution in [1.29, 1.82) is 0 Å². The van der Waals surface area contributed by atoms with Crippen LogP contribution in [0.1, 0.15) is 0 Å². The van der Waals surface area contributed by atoms with E-state index in [1.165, 1.54) is 111 Å². The van der Waals surface area contributed by atoms with Gasteiger partial charge in [-0.2, -0.15) is 0 Å². The van der Waals surface area contributed by atoms with Gasteiger partial charge in [0.15, 0.2) is 0 Å². The molecule has 3 heteroatoms. The third kappa shape index (κ3) is 3.74. The van der Waals surface area contributed by atoms with E-state index >= 15 is 0 Å². The molecule has 1 nitrogen and oxygen atoms in total. The largest absolute Gasteiger partial charge is 0.305 e. The van der Waals surface area contributed by atoms with Gasteiger partial charge in [0.1, 0.15) is 0 Å². The van der Waals surface area contributed by atoms with Gasteiger partial charge >= 0.3 is 0 Å². The van der Waals surface area contributed by atoms with Gasteiger partial charge in [-0.15, -0.1) is 22.7 Å². The molecule has 0 saturated carbocycles. The molecule has 0 unspecified atom stereocenters. The van der Waals surface area contributed by atoms with Gasteiger partial charge in [0.05, 0.1) is 30.8 Å². The first-order valence-corrected chi connectivity index (χ1v) is 19.1. The summed E-state index contributed by atoms with van der Waals surface area (Å²) in [6.07, 6.45) is 0. The van der Waals surface area contributed by atoms with Gasteiger partial charge < -0.3 is 4.57 Å². The number of thiophene rings is 2. The molecule has 3 heterocycles. The molecular weight excluding hydrogens is 655 g/mol. The molecular formula is C48H27NS2. The van der Waals surface area contributed by atoms with Crippen molar-refractivity contribution in [2.24, 2.45) is 0 Å². The second-order valence-corrected chi connectivity index (χ2v) is 15.7. The monoisotopic (exact) mass is 681 g/mol. The van der Waals surface area contributed by atoms with E-state index in [0.29, 0.717) is 0 Å². The van der Waals surface area contributed by atoms with Crippen molar-refractivity contribution in [3.05, 3.63) is 164 Å². The highest BCUT2D eigenvalue weighted by Gasteiger charge is 2.26. The van der Waals surface area contributed by atoms with Crippen LogP contribution in [-0.2, 0) is 0 Å². The first kappa shape index (κ1) is 27.8. The molecule has 12 rings (SSSR count). The van der Waals surface area contributed by atoms with Crippen molar-refractivity contribution in [2.75, 3.05) is 0 Å². The van der Waals surface area contributed by atoms with Crippen LogP contribution in [0.4, 0.5) is 0 Å². The molecule has 0 spiro atoms. The van der Waals surface area contributed by atoms with E-state index in [9.17, 15) is 0 Å². The van der Waals surface area contributed by atoms with Crippen LogP contribution in [-0.4, -0.2) is 4.57 Å². The van der Waals surface area contributed by atoms with Gasteiger partial charge in [-0.1, -0.05) is 152 Å². The van der Waals surface area contributed by atoms with Crippen LogP contribution in [0, 0.1) is 0 Å². The molecule has 0 fully saturated rings. The summed E-state index contributed by atoms with van der Waals surface area (Å²) in [4.78, 5) is 0. The zero-order valence-corrected chi connectivity index (χ0v) is 29.0. The number of aromatic nitrogens is 1. The van der Waals surface area contributed by atoms with Gasteiger partial charge in [-0.05, 0) is 61.0 Å². The molecule has 0 N–H and O–H groups in total. The lowest BCUT2D eigenvalue weighted by atomic mass is 9.89. The Morgan fingerprint density at radius 3 is 1.67 bits per heavy atom. The maximum absolute atomic E-state index is 2.65. The minimum absolute atomic E-state index is 1.25. The van der Waals surface area contributed by atoms with E-state index < -0.39 is 0 Å². The van der Waals surface area contributed by atoms with Crippen LogP contribution in [0.2, 0.25) is 0 Å². The fraction of sp³-hybridized carbons (Fsp3) is 0.